The normalized spacial score (nSPS) is 10.3. The van der Waals surface area contributed by atoms with Crippen LogP contribution in [0.25, 0.3) is 0 Å². The smallest absolute Gasteiger partial charge is 0.251 e. The van der Waals surface area contributed by atoms with Crippen LogP contribution in [0.15, 0.2) is 30.3 Å². The van der Waals surface area contributed by atoms with Crippen molar-refractivity contribution in [1.82, 2.24) is 5.32 Å². The van der Waals surface area contributed by atoms with Gasteiger partial charge in [0.25, 0.3) is 5.91 Å². The molecule has 0 unspecified atom stereocenters. The SMILES string of the molecule is CCc1ccc(CNc2ccc(C(=O)NC)cc2C)s1. The van der Waals surface area contributed by atoms with Crippen molar-refractivity contribution in [2.45, 2.75) is 26.8 Å². The number of carbonyl (C=O) groups is 1. The quantitative estimate of drug-likeness (QED) is 0.882. The van der Waals surface area contributed by atoms with Crippen LogP contribution in [-0.2, 0) is 13.0 Å². The second-order valence-corrected chi connectivity index (χ2v) is 5.94. The highest BCUT2D eigenvalue weighted by atomic mass is 32.1. The molecule has 0 spiro atoms. The standard InChI is InChI=1S/C16H20N2OS/c1-4-13-6-7-14(20-13)10-18-15-8-5-12(9-11(15)2)16(19)17-3/h5-9,18H,4,10H2,1-3H3,(H,17,19). The third-order valence-corrected chi connectivity index (χ3v) is 4.46. The van der Waals surface area contributed by atoms with Gasteiger partial charge in [-0.15, -0.1) is 11.3 Å². The molecular formula is C16H20N2OS. The van der Waals surface area contributed by atoms with Crippen molar-refractivity contribution in [3.63, 3.8) is 0 Å². The largest absolute Gasteiger partial charge is 0.380 e. The van der Waals surface area contributed by atoms with Crippen LogP contribution in [0.4, 0.5) is 5.69 Å². The van der Waals surface area contributed by atoms with Crippen LogP contribution in [0.1, 0.15) is 32.6 Å². The van der Waals surface area contributed by atoms with E-state index < -0.39 is 0 Å². The molecule has 1 aromatic heterocycles. The van der Waals surface area contributed by atoms with Gasteiger partial charge in [-0.1, -0.05) is 6.92 Å². The predicted octanol–water partition coefficient (Wildman–Crippen LogP) is 3.59. The van der Waals surface area contributed by atoms with Gasteiger partial charge in [-0.2, -0.15) is 0 Å². The number of benzene rings is 1. The van der Waals surface area contributed by atoms with E-state index in [4.69, 9.17) is 0 Å². The zero-order valence-corrected chi connectivity index (χ0v) is 12.9. The number of amides is 1. The summed E-state index contributed by atoms with van der Waals surface area (Å²) in [5, 5.41) is 6.07. The highest BCUT2D eigenvalue weighted by Gasteiger charge is 2.06. The molecule has 4 heteroatoms. The van der Waals surface area contributed by atoms with E-state index in [1.54, 1.807) is 7.05 Å². The first-order chi connectivity index (χ1) is 9.63. The third-order valence-electron chi connectivity index (χ3n) is 3.23. The van der Waals surface area contributed by atoms with Gasteiger partial charge in [-0.3, -0.25) is 4.79 Å². The van der Waals surface area contributed by atoms with Gasteiger partial charge in [-0.05, 0) is 49.2 Å². The lowest BCUT2D eigenvalue weighted by Crippen LogP contribution is -2.17. The molecule has 3 nitrogen and oxygen atoms in total. The highest BCUT2D eigenvalue weighted by molar-refractivity contribution is 7.12. The number of rotatable bonds is 5. The number of aryl methyl sites for hydroxylation is 2. The first kappa shape index (κ1) is 14.6. The van der Waals surface area contributed by atoms with Crippen molar-refractivity contribution in [2.75, 3.05) is 12.4 Å². The zero-order valence-electron chi connectivity index (χ0n) is 12.1. The lowest BCUT2D eigenvalue weighted by molar-refractivity contribution is 0.0963. The second-order valence-electron chi connectivity index (χ2n) is 4.68. The van der Waals surface area contributed by atoms with Crippen molar-refractivity contribution in [3.8, 4) is 0 Å². The Morgan fingerprint density at radius 1 is 1.20 bits per heavy atom. The first-order valence-corrected chi connectivity index (χ1v) is 7.60. The molecule has 1 heterocycles. The zero-order chi connectivity index (χ0) is 14.5. The fraction of sp³-hybridized carbons (Fsp3) is 0.312. The minimum atomic E-state index is -0.0505. The maximum Gasteiger partial charge on any atom is 0.251 e. The monoisotopic (exact) mass is 288 g/mol. The predicted molar refractivity (Wildman–Crippen MR) is 85.6 cm³/mol. The Balaban J connectivity index is 2.04. The van der Waals surface area contributed by atoms with Crippen molar-refractivity contribution in [3.05, 3.63) is 51.2 Å². The van der Waals surface area contributed by atoms with Gasteiger partial charge in [0.2, 0.25) is 0 Å². The van der Waals surface area contributed by atoms with E-state index >= 15 is 0 Å². The maximum atomic E-state index is 11.6. The molecule has 0 aliphatic carbocycles. The van der Waals surface area contributed by atoms with Gasteiger partial charge in [-0.25, -0.2) is 0 Å². The van der Waals surface area contributed by atoms with Crippen LogP contribution in [0, 0.1) is 6.92 Å². The number of hydrogen-bond donors (Lipinski definition) is 2. The van der Waals surface area contributed by atoms with E-state index in [0.717, 1.165) is 24.2 Å². The highest BCUT2D eigenvalue weighted by Crippen LogP contribution is 2.21. The van der Waals surface area contributed by atoms with E-state index in [2.05, 4.69) is 29.7 Å². The summed E-state index contributed by atoms with van der Waals surface area (Å²) < 4.78 is 0. The Morgan fingerprint density at radius 2 is 1.95 bits per heavy atom. The molecule has 1 amide bonds. The molecule has 0 saturated heterocycles. The summed E-state index contributed by atoms with van der Waals surface area (Å²) in [5.74, 6) is -0.0505. The fourth-order valence-electron chi connectivity index (χ4n) is 2.04. The van der Waals surface area contributed by atoms with Crippen LogP contribution in [0.2, 0.25) is 0 Å². The summed E-state index contributed by atoms with van der Waals surface area (Å²) in [6, 6.07) is 10.1. The summed E-state index contributed by atoms with van der Waals surface area (Å²) in [7, 11) is 1.64. The topological polar surface area (TPSA) is 41.1 Å². The lowest BCUT2D eigenvalue weighted by atomic mass is 10.1. The summed E-state index contributed by atoms with van der Waals surface area (Å²) in [5.41, 5.74) is 2.85. The molecular weight excluding hydrogens is 268 g/mol. The Morgan fingerprint density at radius 3 is 2.55 bits per heavy atom. The van der Waals surface area contributed by atoms with E-state index in [-0.39, 0.29) is 5.91 Å². The van der Waals surface area contributed by atoms with Crippen LogP contribution in [0.5, 0.6) is 0 Å². The van der Waals surface area contributed by atoms with Crippen LogP contribution >= 0.6 is 11.3 Å². The second kappa shape index (κ2) is 6.57. The van der Waals surface area contributed by atoms with E-state index in [1.165, 1.54) is 9.75 Å². The van der Waals surface area contributed by atoms with Gasteiger partial charge in [0.15, 0.2) is 0 Å². The van der Waals surface area contributed by atoms with E-state index in [9.17, 15) is 4.79 Å². The molecule has 20 heavy (non-hydrogen) atoms. The minimum absolute atomic E-state index is 0.0505. The van der Waals surface area contributed by atoms with Crippen molar-refractivity contribution >= 4 is 22.9 Å². The number of nitrogens with one attached hydrogen (secondary N) is 2. The molecule has 0 aliphatic rings. The molecule has 2 rings (SSSR count). The summed E-state index contributed by atoms with van der Waals surface area (Å²) in [6.07, 6.45) is 1.09. The third kappa shape index (κ3) is 3.39. The molecule has 0 bridgehead atoms. The van der Waals surface area contributed by atoms with Gasteiger partial charge in [0, 0.05) is 34.6 Å². The molecule has 2 aromatic rings. The van der Waals surface area contributed by atoms with E-state index in [0.29, 0.717) is 5.56 Å². The Hall–Kier alpha value is -1.81. The molecule has 0 saturated carbocycles. The molecule has 0 atom stereocenters. The Kier molecular flexibility index (Phi) is 4.79. The minimum Gasteiger partial charge on any atom is -0.380 e. The number of thiophene rings is 1. The van der Waals surface area contributed by atoms with Gasteiger partial charge in [0.05, 0.1) is 0 Å². The van der Waals surface area contributed by atoms with Crippen molar-refractivity contribution in [1.29, 1.82) is 0 Å². The van der Waals surface area contributed by atoms with Crippen LogP contribution in [0.3, 0.4) is 0 Å². The first-order valence-electron chi connectivity index (χ1n) is 6.78. The molecule has 0 aliphatic heterocycles. The van der Waals surface area contributed by atoms with Crippen LogP contribution < -0.4 is 10.6 Å². The number of hydrogen-bond acceptors (Lipinski definition) is 3. The summed E-state index contributed by atoms with van der Waals surface area (Å²) >= 11 is 1.84. The molecule has 0 radical (unpaired) electrons. The average Bonchev–Trinajstić information content (AvgIpc) is 2.93. The molecule has 1 aromatic carbocycles. The summed E-state index contributed by atoms with van der Waals surface area (Å²) in [6.45, 7) is 5.01. The van der Waals surface area contributed by atoms with Gasteiger partial charge >= 0.3 is 0 Å². The van der Waals surface area contributed by atoms with Crippen molar-refractivity contribution in [2.24, 2.45) is 0 Å². The van der Waals surface area contributed by atoms with Gasteiger partial charge < -0.3 is 10.6 Å². The maximum absolute atomic E-state index is 11.6. The van der Waals surface area contributed by atoms with E-state index in [1.807, 2.05) is 36.5 Å². The fourth-order valence-corrected chi connectivity index (χ4v) is 2.93. The number of carbonyl (C=O) groups excluding carboxylic acids is 1. The van der Waals surface area contributed by atoms with Crippen molar-refractivity contribution < 1.29 is 4.79 Å². The van der Waals surface area contributed by atoms with Crippen LogP contribution in [-0.4, -0.2) is 13.0 Å². The average molecular weight is 288 g/mol. The summed E-state index contributed by atoms with van der Waals surface area (Å²) in [4.78, 5) is 14.3. The molecule has 106 valence electrons. The molecule has 2 N–H and O–H groups in total. The lowest BCUT2D eigenvalue weighted by Gasteiger charge is -2.10. The number of anilines is 1. The Bertz CT molecular complexity index is 604. The Labute approximate surface area is 124 Å². The molecule has 0 fully saturated rings. The van der Waals surface area contributed by atoms with Gasteiger partial charge in [0.1, 0.15) is 0 Å².